The van der Waals surface area contributed by atoms with Crippen LogP contribution in [0, 0.1) is 10.1 Å². The van der Waals surface area contributed by atoms with E-state index in [1.165, 1.54) is 6.20 Å². The Bertz CT molecular complexity index is 264. The maximum Gasteiger partial charge on any atom is 0.380 e. The van der Waals surface area contributed by atoms with Gasteiger partial charge >= 0.3 is 5.82 Å². The molecule has 0 amide bonds. The highest BCUT2D eigenvalue weighted by molar-refractivity contribution is 9.10. The summed E-state index contributed by atoms with van der Waals surface area (Å²) in [7, 11) is 0. The lowest BCUT2D eigenvalue weighted by molar-refractivity contribution is -0.390. The second-order valence-corrected chi connectivity index (χ2v) is 2.31. The number of nitrogens with zero attached hydrogens (tertiary/aromatic N) is 3. The molecule has 10 heavy (non-hydrogen) atoms. The van der Waals surface area contributed by atoms with E-state index in [1.54, 1.807) is 0 Å². The highest BCUT2D eigenvalue weighted by atomic mass is 79.9. The molecule has 0 radical (unpaired) electrons. The van der Waals surface area contributed by atoms with Gasteiger partial charge in [-0.05, 0) is 25.8 Å². The summed E-state index contributed by atoms with van der Waals surface area (Å²) in [6.45, 7) is 0. The van der Waals surface area contributed by atoms with Gasteiger partial charge in [0.15, 0.2) is 0 Å². The van der Waals surface area contributed by atoms with E-state index in [4.69, 9.17) is 0 Å². The molecular weight excluding hydrogens is 202 g/mol. The lowest BCUT2D eigenvalue weighted by Crippen LogP contribution is -1.92. The third-order valence-electron chi connectivity index (χ3n) is 0.821. The quantitative estimate of drug-likeness (QED) is 0.508. The molecule has 1 rings (SSSR count). The molecule has 1 aromatic rings. The Morgan fingerprint density at radius 2 is 2.40 bits per heavy atom. The van der Waals surface area contributed by atoms with Crippen LogP contribution in [0.5, 0.6) is 0 Å². The zero-order chi connectivity index (χ0) is 7.56. The van der Waals surface area contributed by atoms with E-state index < -0.39 is 4.92 Å². The largest absolute Gasteiger partial charge is 0.380 e. The van der Waals surface area contributed by atoms with Crippen LogP contribution in [0.3, 0.4) is 0 Å². The molecule has 0 aromatic carbocycles. The predicted molar refractivity (Wildman–Crippen MR) is 36.4 cm³/mol. The van der Waals surface area contributed by atoms with Crippen LogP contribution >= 0.6 is 15.9 Å². The third-order valence-corrected chi connectivity index (χ3v) is 1.38. The monoisotopic (exact) mass is 203 g/mol. The molecule has 1 heterocycles. The van der Waals surface area contributed by atoms with Gasteiger partial charge in [0, 0.05) is 0 Å². The second-order valence-electron chi connectivity index (χ2n) is 1.45. The van der Waals surface area contributed by atoms with Gasteiger partial charge in [-0.1, -0.05) is 0 Å². The minimum absolute atomic E-state index is 0.213. The Balaban J connectivity index is 3.15. The Morgan fingerprint density at radius 3 is 2.80 bits per heavy atom. The molecule has 0 unspecified atom stereocenters. The summed E-state index contributed by atoms with van der Waals surface area (Å²) < 4.78 is 0.292. The molecule has 0 aliphatic carbocycles. The molecule has 0 saturated heterocycles. The van der Waals surface area contributed by atoms with Crippen LogP contribution in [0.25, 0.3) is 0 Å². The fourth-order valence-corrected chi connectivity index (χ4v) is 0.806. The molecule has 0 N–H and O–H groups in total. The summed E-state index contributed by atoms with van der Waals surface area (Å²) in [5, 5.41) is 10.1. The summed E-state index contributed by atoms with van der Waals surface area (Å²) in [6, 6.07) is 0. The van der Waals surface area contributed by atoms with E-state index in [-0.39, 0.29) is 5.82 Å². The first-order chi connectivity index (χ1) is 4.72. The number of aromatic nitrogens is 2. The summed E-state index contributed by atoms with van der Waals surface area (Å²) in [5.41, 5.74) is 0. The molecule has 0 bridgehead atoms. The summed E-state index contributed by atoms with van der Waals surface area (Å²) in [6.07, 6.45) is 2.45. The third kappa shape index (κ3) is 1.27. The minimum Gasteiger partial charge on any atom is -0.358 e. The van der Waals surface area contributed by atoms with Gasteiger partial charge < -0.3 is 10.1 Å². The molecule has 0 aliphatic rings. The summed E-state index contributed by atoms with van der Waals surface area (Å²) >= 11 is 2.93. The molecule has 5 nitrogen and oxygen atoms in total. The van der Waals surface area contributed by atoms with Crippen LogP contribution in [-0.4, -0.2) is 14.9 Å². The minimum atomic E-state index is -0.578. The Kier molecular flexibility index (Phi) is 1.91. The second kappa shape index (κ2) is 2.70. The first-order valence-corrected chi connectivity index (χ1v) is 3.11. The Morgan fingerprint density at radius 1 is 1.70 bits per heavy atom. The molecule has 52 valence electrons. The highest BCUT2D eigenvalue weighted by Crippen LogP contribution is 2.18. The fraction of sp³-hybridized carbons (Fsp3) is 0. The zero-order valence-electron chi connectivity index (χ0n) is 4.69. The van der Waals surface area contributed by atoms with E-state index >= 15 is 0 Å². The van der Waals surface area contributed by atoms with Crippen molar-refractivity contribution in [3.63, 3.8) is 0 Å². The average Bonchev–Trinajstić information content (AvgIpc) is 1.88. The SMILES string of the molecule is O=[N+]([O-])c1ncncc1Br. The van der Waals surface area contributed by atoms with Gasteiger partial charge in [0.05, 0.1) is 6.20 Å². The van der Waals surface area contributed by atoms with Gasteiger partial charge in [0.25, 0.3) is 0 Å². The van der Waals surface area contributed by atoms with E-state index in [2.05, 4.69) is 25.9 Å². The lowest BCUT2D eigenvalue weighted by Gasteiger charge is -1.90. The maximum atomic E-state index is 10.1. The van der Waals surface area contributed by atoms with Crippen molar-refractivity contribution in [1.82, 2.24) is 9.97 Å². The number of hydrogen-bond donors (Lipinski definition) is 0. The van der Waals surface area contributed by atoms with E-state index in [0.29, 0.717) is 4.47 Å². The van der Waals surface area contributed by atoms with Crippen molar-refractivity contribution in [3.05, 3.63) is 27.1 Å². The molecule has 6 heteroatoms. The normalized spacial score (nSPS) is 9.30. The average molecular weight is 204 g/mol. The first kappa shape index (κ1) is 7.07. The van der Waals surface area contributed by atoms with Crippen molar-refractivity contribution in [2.24, 2.45) is 0 Å². The molecule has 0 saturated carbocycles. The maximum absolute atomic E-state index is 10.1. The van der Waals surface area contributed by atoms with Crippen molar-refractivity contribution < 1.29 is 4.92 Å². The number of rotatable bonds is 1. The standard InChI is InChI=1S/C4H2BrN3O2/c5-3-1-6-2-7-4(3)8(9)10/h1-2H. The van der Waals surface area contributed by atoms with Crippen molar-refractivity contribution in [2.45, 2.75) is 0 Å². The Labute approximate surface area is 64.4 Å². The molecule has 1 aromatic heterocycles. The van der Waals surface area contributed by atoms with Gasteiger partial charge in [-0.3, -0.25) is 0 Å². The van der Waals surface area contributed by atoms with Crippen LogP contribution in [0.1, 0.15) is 0 Å². The van der Waals surface area contributed by atoms with Crippen LogP contribution < -0.4 is 0 Å². The molecule has 0 spiro atoms. The molecule has 0 atom stereocenters. The van der Waals surface area contributed by atoms with E-state index in [9.17, 15) is 10.1 Å². The molecular formula is C4H2BrN3O2. The van der Waals surface area contributed by atoms with Gasteiger partial charge in [-0.15, -0.1) is 0 Å². The Hall–Kier alpha value is -1.04. The van der Waals surface area contributed by atoms with Gasteiger partial charge in [-0.2, -0.15) is 0 Å². The fourth-order valence-electron chi connectivity index (χ4n) is 0.441. The number of hydrogen-bond acceptors (Lipinski definition) is 4. The molecule has 0 aliphatic heterocycles. The van der Waals surface area contributed by atoms with Crippen LogP contribution in [0.15, 0.2) is 17.0 Å². The smallest absolute Gasteiger partial charge is 0.358 e. The van der Waals surface area contributed by atoms with Crippen molar-refractivity contribution in [1.29, 1.82) is 0 Å². The van der Waals surface area contributed by atoms with E-state index in [1.807, 2.05) is 0 Å². The predicted octanol–water partition coefficient (Wildman–Crippen LogP) is 1.15. The summed E-state index contributed by atoms with van der Waals surface area (Å²) in [5.74, 6) is -0.213. The zero-order valence-corrected chi connectivity index (χ0v) is 6.28. The van der Waals surface area contributed by atoms with Crippen LogP contribution in [-0.2, 0) is 0 Å². The van der Waals surface area contributed by atoms with Crippen molar-refractivity contribution >= 4 is 21.7 Å². The topological polar surface area (TPSA) is 68.9 Å². The van der Waals surface area contributed by atoms with Gasteiger partial charge in [0.2, 0.25) is 6.33 Å². The van der Waals surface area contributed by atoms with Gasteiger partial charge in [0.1, 0.15) is 4.47 Å². The van der Waals surface area contributed by atoms with Crippen molar-refractivity contribution in [3.8, 4) is 0 Å². The van der Waals surface area contributed by atoms with Crippen LogP contribution in [0.2, 0.25) is 0 Å². The van der Waals surface area contributed by atoms with Crippen molar-refractivity contribution in [2.75, 3.05) is 0 Å². The summed E-state index contributed by atoms with van der Waals surface area (Å²) in [4.78, 5) is 16.5. The van der Waals surface area contributed by atoms with Crippen LogP contribution in [0.4, 0.5) is 5.82 Å². The number of nitro groups is 1. The first-order valence-electron chi connectivity index (χ1n) is 2.31. The van der Waals surface area contributed by atoms with E-state index in [0.717, 1.165) is 6.33 Å². The lowest BCUT2D eigenvalue weighted by atomic mass is 10.6. The number of halogens is 1. The molecule has 0 fully saturated rings. The van der Waals surface area contributed by atoms with Gasteiger partial charge in [-0.25, -0.2) is 4.98 Å². The highest BCUT2D eigenvalue weighted by Gasteiger charge is 2.10.